The van der Waals surface area contributed by atoms with Crippen LogP contribution in [0.1, 0.15) is 33.5 Å². The minimum atomic E-state index is -1.12. The summed E-state index contributed by atoms with van der Waals surface area (Å²) in [5, 5.41) is 15.8. The van der Waals surface area contributed by atoms with E-state index in [1.54, 1.807) is 17.7 Å². The Morgan fingerprint density at radius 1 is 1.45 bits per heavy atom. The van der Waals surface area contributed by atoms with E-state index in [0.717, 1.165) is 5.69 Å². The fourth-order valence-electron chi connectivity index (χ4n) is 1.84. The molecule has 0 unspecified atom stereocenters. The molecule has 2 aromatic rings. The zero-order valence-electron chi connectivity index (χ0n) is 11.1. The number of aryl methyl sites for hydroxylation is 2. The predicted molar refractivity (Wildman–Crippen MR) is 71.8 cm³/mol. The fourth-order valence-corrected chi connectivity index (χ4v) is 1.84. The number of aromatic carboxylic acids is 1. The Balaban J connectivity index is 2.30. The zero-order valence-corrected chi connectivity index (χ0v) is 11.1. The Bertz CT molecular complexity index is 663. The fraction of sp³-hybridized carbons (Fsp3) is 0.231. The molecule has 7 nitrogen and oxygen atoms in total. The van der Waals surface area contributed by atoms with E-state index in [0.29, 0.717) is 12.2 Å². The molecular weight excluding hydrogens is 260 g/mol. The van der Waals surface area contributed by atoms with Crippen molar-refractivity contribution in [1.82, 2.24) is 14.8 Å². The van der Waals surface area contributed by atoms with Gasteiger partial charge in [0, 0.05) is 12.7 Å². The average molecular weight is 274 g/mol. The molecule has 1 amide bonds. The summed E-state index contributed by atoms with van der Waals surface area (Å²) in [5.74, 6) is -1.54. The van der Waals surface area contributed by atoms with Crippen LogP contribution in [-0.2, 0) is 6.54 Å². The van der Waals surface area contributed by atoms with Crippen LogP contribution in [0.5, 0.6) is 0 Å². The number of aromatic nitrogens is 3. The molecule has 7 heteroatoms. The highest BCUT2D eigenvalue weighted by atomic mass is 16.4. The Labute approximate surface area is 115 Å². The summed E-state index contributed by atoms with van der Waals surface area (Å²) in [4.78, 5) is 27.1. The lowest BCUT2D eigenvalue weighted by Gasteiger charge is -2.08. The largest absolute Gasteiger partial charge is 0.478 e. The van der Waals surface area contributed by atoms with E-state index >= 15 is 0 Å². The van der Waals surface area contributed by atoms with Gasteiger partial charge in [-0.3, -0.25) is 14.5 Å². The van der Waals surface area contributed by atoms with Crippen molar-refractivity contribution in [2.24, 2.45) is 0 Å². The van der Waals surface area contributed by atoms with Gasteiger partial charge in [0.2, 0.25) is 0 Å². The van der Waals surface area contributed by atoms with Gasteiger partial charge < -0.3 is 10.4 Å². The average Bonchev–Trinajstić information content (AvgIpc) is 2.80. The number of carboxylic acids is 1. The topological polar surface area (TPSA) is 97.1 Å². The molecule has 0 bridgehead atoms. The van der Waals surface area contributed by atoms with Crippen LogP contribution in [-0.4, -0.2) is 31.7 Å². The highest BCUT2D eigenvalue weighted by molar-refractivity contribution is 6.06. The van der Waals surface area contributed by atoms with Gasteiger partial charge in [-0.1, -0.05) is 0 Å². The molecule has 2 rings (SSSR count). The van der Waals surface area contributed by atoms with Crippen LogP contribution in [0.15, 0.2) is 24.5 Å². The molecule has 104 valence electrons. The SMILES string of the molecule is CCn1nc(C)cc1C(=O)Nc1cnccc1C(=O)O. The van der Waals surface area contributed by atoms with Gasteiger partial charge in [-0.2, -0.15) is 5.10 Å². The highest BCUT2D eigenvalue weighted by Crippen LogP contribution is 2.15. The monoisotopic (exact) mass is 274 g/mol. The van der Waals surface area contributed by atoms with Gasteiger partial charge >= 0.3 is 5.97 Å². The molecule has 0 radical (unpaired) electrons. The number of amides is 1. The minimum Gasteiger partial charge on any atom is -0.478 e. The summed E-state index contributed by atoms with van der Waals surface area (Å²) in [7, 11) is 0. The third kappa shape index (κ3) is 2.66. The number of carboxylic acid groups (broad SMARTS) is 1. The van der Waals surface area contributed by atoms with Gasteiger partial charge in [0.1, 0.15) is 5.69 Å². The van der Waals surface area contributed by atoms with Crippen LogP contribution in [0.2, 0.25) is 0 Å². The summed E-state index contributed by atoms with van der Waals surface area (Å²) < 4.78 is 1.56. The number of hydrogen-bond donors (Lipinski definition) is 2. The van der Waals surface area contributed by atoms with Gasteiger partial charge in [-0.05, 0) is 26.0 Å². The number of carbonyl (C=O) groups excluding carboxylic acids is 1. The Hall–Kier alpha value is -2.70. The molecule has 0 saturated carbocycles. The van der Waals surface area contributed by atoms with Crippen LogP contribution in [0.25, 0.3) is 0 Å². The molecule has 0 saturated heterocycles. The Morgan fingerprint density at radius 3 is 2.85 bits per heavy atom. The van der Waals surface area contributed by atoms with Crippen molar-refractivity contribution < 1.29 is 14.7 Å². The van der Waals surface area contributed by atoms with Crippen LogP contribution in [0.4, 0.5) is 5.69 Å². The third-order valence-electron chi connectivity index (χ3n) is 2.73. The van der Waals surface area contributed by atoms with E-state index in [1.807, 2.05) is 6.92 Å². The van der Waals surface area contributed by atoms with Crippen LogP contribution in [0.3, 0.4) is 0 Å². The van der Waals surface area contributed by atoms with Crippen molar-refractivity contribution in [3.8, 4) is 0 Å². The number of anilines is 1. The van der Waals surface area contributed by atoms with Crippen molar-refractivity contribution in [3.05, 3.63) is 41.5 Å². The van der Waals surface area contributed by atoms with E-state index in [2.05, 4.69) is 15.4 Å². The summed E-state index contributed by atoms with van der Waals surface area (Å²) in [5.41, 5.74) is 1.26. The maximum atomic E-state index is 12.2. The molecule has 20 heavy (non-hydrogen) atoms. The Morgan fingerprint density at radius 2 is 2.20 bits per heavy atom. The molecule has 0 aliphatic carbocycles. The van der Waals surface area contributed by atoms with Gasteiger partial charge in [0.05, 0.1) is 23.1 Å². The minimum absolute atomic E-state index is 0.00682. The summed E-state index contributed by atoms with van der Waals surface area (Å²) in [6.45, 7) is 4.21. The molecular formula is C13H14N4O3. The van der Waals surface area contributed by atoms with Crippen molar-refractivity contribution in [2.75, 3.05) is 5.32 Å². The second-order valence-corrected chi connectivity index (χ2v) is 4.17. The number of rotatable bonds is 4. The molecule has 0 aliphatic rings. The molecule has 0 aliphatic heterocycles. The smallest absolute Gasteiger partial charge is 0.337 e. The molecule has 0 aromatic carbocycles. The van der Waals surface area contributed by atoms with Crippen molar-refractivity contribution in [3.63, 3.8) is 0 Å². The molecule has 0 atom stereocenters. The summed E-state index contributed by atoms with van der Waals surface area (Å²) in [6.07, 6.45) is 2.67. The normalized spacial score (nSPS) is 10.3. The third-order valence-corrected chi connectivity index (χ3v) is 2.73. The first-order chi connectivity index (χ1) is 9.52. The predicted octanol–water partition coefficient (Wildman–Crippen LogP) is 1.56. The van der Waals surface area contributed by atoms with E-state index < -0.39 is 11.9 Å². The van der Waals surface area contributed by atoms with Crippen LogP contribution in [0, 0.1) is 6.92 Å². The van der Waals surface area contributed by atoms with E-state index in [9.17, 15) is 9.59 Å². The quantitative estimate of drug-likeness (QED) is 0.881. The number of carbonyl (C=O) groups is 2. The maximum Gasteiger partial charge on any atom is 0.337 e. The first-order valence-electron chi connectivity index (χ1n) is 6.06. The second-order valence-electron chi connectivity index (χ2n) is 4.17. The van der Waals surface area contributed by atoms with Gasteiger partial charge in [-0.15, -0.1) is 0 Å². The molecule has 2 heterocycles. The van der Waals surface area contributed by atoms with Crippen LogP contribution < -0.4 is 5.32 Å². The van der Waals surface area contributed by atoms with E-state index in [-0.39, 0.29) is 11.3 Å². The van der Waals surface area contributed by atoms with Gasteiger partial charge in [0.25, 0.3) is 5.91 Å². The van der Waals surface area contributed by atoms with Crippen molar-refractivity contribution >= 4 is 17.6 Å². The number of nitrogens with zero attached hydrogens (tertiary/aromatic N) is 3. The second kappa shape index (κ2) is 5.52. The number of nitrogens with one attached hydrogen (secondary N) is 1. The first kappa shape index (κ1) is 13.7. The first-order valence-corrected chi connectivity index (χ1v) is 6.06. The number of hydrogen-bond acceptors (Lipinski definition) is 4. The van der Waals surface area contributed by atoms with Crippen LogP contribution >= 0.6 is 0 Å². The summed E-state index contributed by atoms with van der Waals surface area (Å²) >= 11 is 0. The molecule has 2 N–H and O–H groups in total. The van der Waals surface area contributed by atoms with Crippen molar-refractivity contribution in [1.29, 1.82) is 0 Å². The lowest BCUT2D eigenvalue weighted by atomic mass is 10.2. The standard InChI is InChI=1S/C13H14N4O3/c1-3-17-11(6-8(2)16-17)12(18)15-10-7-14-5-4-9(10)13(19)20/h4-7H,3H2,1-2H3,(H,15,18)(H,19,20). The van der Waals surface area contributed by atoms with Gasteiger partial charge in [0.15, 0.2) is 0 Å². The maximum absolute atomic E-state index is 12.2. The molecule has 0 fully saturated rings. The van der Waals surface area contributed by atoms with E-state index in [4.69, 9.17) is 5.11 Å². The lowest BCUT2D eigenvalue weighted by molar-refractivity contribution is 0.0698. The highest BCUT2D eigenvalue weighted by Gasteiger charge is 2.17. The van der Waals surface area contributed by atoms with E-state index in [1.165, 1.54) is 18.5 Å². The summed E-state index contributed by atoms with van der Waals surface area (Å²) in [6, 6.07) is 2.98. The van der Waals surface area contributed by atoms with Crippen molar-refractivity contribution in [2.45, 2.75) is 20.4 Å². The van der Waals surface area contributed by atoms with Gasteiger partial charge in [-0.25, -0.2) is 4.79 Å². The lowest BCUT2D eigenvalue weighted by Crippen LogP contribution is -2.19. The number of pyridine rings is 1. The zero-order chi connectivity index (χ0) is 14.7. The molecule has 0 spiro atoms. The Kier molecular flexibility index (Phi) is 3.79. The molecule has 2 aromatic heterocycles.